The van der Waals surface area contributed by atoms with E-state index in [-0.39, 0.29) is 11.9 Å². The first kappa shape index (κ1) is 37.4. The van der Waals surface area contributed by atoms with Crippen molar-refractivity contribution in [2.75, 3.05) is 13.2 Å². The zero-order valence-electron chi connectivity index (χ0n) is 28.1. The summed E-state index contributed by atoms with van der Waals surface area (Å²) in [6.45, 7) is 7.31. The SMILES string of the molecule is CCCCCCCCCC[n+]1ccc(C(=O)OCCCCCCOC(=O)c2cc[n+](CCCCCCCCCC)cc2)cc1. The molecule has 6 nitrogen and oxygen atoms in total. The van der Waals surface area contributed by atoms with E-state index in [1.54, 1.807) is 0 Å². The number of pyridine rings is 2. The normalized spacial score (nSPS) is 11.0. The Morgan fingerprint density at radius 1 is 0.455 bits per heavy atom. The second-order valence-electron chi connectivity index (χ2n) is 12.3. The Morgan fingerprint density at radius 2 is 0.750 bits per heavy atom. The molecule has 2 aromatic rings. The van der Waals surface area contributed by atoms with Gasteiger partial charge in [-0.3, -0.25) is 0 Å². The van der Waals surface area contributed by atoms with E-state index in [1.807, 2.05) is 49.1 Å². The Kier molecular flexibility index (Phi) is 21.7. The van der Waals surface area contributed by atoms with E-state index in [4.69, 9.17) is 9.47 Å². The zero-order chi connectivity index (χ0) is 31.5. The van der Waals surface area contributed by atoms with E-state index in [0.29, 0.717) is 24.3 Å². The Bertz CT molecular complexity index is 909. The van der Waals surface area contributed by atoms with Crippen LogP contribution in [-0.4, -0.2) is 25.2 Å². The molecule has 0 saturated heterocycles. The topological polar surface area (TPSA) is 60.4 Å². The molecule has 0 fully saturated rings. The largest absolute Gasteiger partial charge is 0.462 e. The minimum atomic E-state index is -0.264. The molecule has 0 N–H and O–H groups in total. The molecule has 0 aliphatic carbocycles. The van der Waals surface area contributed by atoms with Crippen molar-refractivity contribution in [3.05, 3.63) is 60.2 Å². The third-order valence-corrected chi connectivity index (χ3v) is 8.30. The van der Waals surface area contributed by atoms with Crippen molar-refractivity contribution in [2.24, 2.45) is 0 Å². The van der Waals surface area contributed by atoms with Crippen molar-refractivity contribution >= 4 is 11.9 Å². The number of nitrogens with zero attached hydrogens (tertiary/aromatic N) is 2. The van der Waals surface area contributed by atoms with Gasteiger partial charge >= 0.3 is 11.9 Å². The fourth-order valence-electron chi connectivity index (χ4n) is 5.40. The summed E-state index contributed by atoms with van der Waals surface area (Å²) >= 11 is 0. The smallest absolute Gasteiger partial charge is 0.338 e. The summed E-state index contributed by atoms with van der Waals surface area (Å²) in [6.07, 6.45) is 32.4. The van der Waals surface area contributed by atoms with Crippen LogP contribution in [0.5, 0.6) is 0 Å². The van der Waals surface area contributed by atoms with Crippen molar-refractivity contribution in [2.45, 2.75) is 155 Å². The van der Waals surface area contributed by atoms with Gasteiger partial charge in [0, 0.05) is 37.1 Å². The van der Waals surface area contributed by atoms with Crippen LogP contribution in [0, 0.1) is 0 Å². The molecule has 0 unspecified atom stereocenters. The average Bonchev–Trinajstić information content (AvgIpc) is 3.05. The molecule has 0 aliphatic heterocycles. The van der Waals surface area contributed by atoms with Gasteiger partial charge in [-0.2, -0.15) is 0 Å². The molecular formula is C38H62N2O4+2. The number of esters is 2. The van der Waals surface area contributed by atoms with E-state index in [1.165, 1.54) is 103 Å². The maximum atomic E-state index is 12.4. The molecule has 0 aliphatic rings. The van der Waals surface area contributed by atoms with Gasteiger partial charge in [0.2, 0.25) is 0 Å². The molecule has 0 spiro atoms. The number of hydrogen-bond acceptors (Lipinski definition) is 4. The minimum Gasteiger partial charge on any atom is -0.462 e. The number of unbranched alkanes of at least 4 members (excludes halogenated alkanes) is 17. The molecule has 0 atom stereocenters. The third-order valence-electron chi connectivity index (χ3n) is 8.30. The molecule has 6 heteroatoms. The number of rotatable bonds is 27. The van der Waals surface area contributed by atoms with Gasteiger partial charge in [0.05, 0.1) is 24.3 Å². The van der Waals surface area contributed by atoms with Gasteiger partial charge < -0.3 is 9.47 Å². The highest BCUT2D eigenvalue weighted by Crippen LogP contribution is 2.10. The lowest BCUT2D eigenvalue weighted by molar-refractivity contribution is -0.697. The fraction of sp³-hybridized carbons (Fsp3) is 0.684. The van der Waals surface area contributed by atoms with E-state index < -0.39 is 0 Å². The highest BCUT2D eigenvalue weighted by Gasteiger charge is 2.11. The lowest BCUT2D eigenvalue weighted by atomic mass is 10.1. The summed E-state index contributed by atoms with van der Waals surface area (Å²) in [5, 5.41) is 0. The lowest BCUT2D eigenvalue weighted by Gasteiger charge is -2.06. The van der Waals surface area contributed by atoms with Gasteiger partial charge in [-0.1, -0.05) is 90.9 Å². The van der Waals surface area contributed by atoms with Crippen molar-refractivity contribution in [1.82, 2.24) is 0 Å². The second kappa shape index (κ2) is 25.6. The Labute approximate surface area is 268 Å². The summed E-state index contributed by atoms with van der Waals surface area (Å²) in [4.78, 5) is 24.7. The molecule has 0 aromatic carbocycles. The number of carbonyl (C=O) groups excluding carboxylic acids is 2. The van der Waals surface area contributed by atoms with Crippen molar-refractivity contribution in [3.8, 4) is 0 Å². The second-order valence-corrected chi connectivity index (χ2v) is 12.3. The Morgan fingerprint density at radius 3 is 1.09 bits per heavy atom. The predicted molar refractivity (Wildman–Crippen MR) is 178 cm³/mol. The van der Waals surface area contributed by atoms with Crippen LogP contribution in [0.2, 0.25) is 0 Å². The van der Waals surface area contributed by atoms with Gasteiger partial charge in [0.1, 0.15) is 13.1 Å². The van der Waals surface area contributed by atoms with Crippen LogP contribution in [0.25, 0.3) is 0 Å². The summed E-state index contributed by atoms with van der Waals surface area (Å²) < 4.78 is 15.2. The van der Waals surface area contributed by atoms with Crippen LogP contribution >= 0.6 is 0 Å². The summed E-state index contributed by atoms with van der Waals surface area (Å²) in [5.41, 5.74) is 1.20. The molecule has 2 rings (SSSR count). The first-order valence-corrected chi connectivity index (χ1v) is 18.0. The number of aryl methyl sites for hydroxylation is 2. The molecule has 0 saturated carbocycles. The third kappa shape index (κ3) is 18.1. The minimum absolute atomic E-state index is 0.264. The number of ether oxygens (including phenoxy) is 2. The van der Waals surface area contributed by atoms with E-state index in [9.17, 15) is 9.59 Å². The molecule has 2 heterocycles. The predicted octanol–water partition coefficient (Wildman–Crippen LogP) is 9.12. The van der Waals surface area contributed by atoms with Crippen LogP contribution in [0.15, 0.2) is 49.1 Å². The van der Waals surface area contributed by atoms with Crippen LogP contribution in [0.3, 0.4) is 0 Å². The van der Waals surface area contributed by atoms with E-state index in [0.717, 1.165) is 38.8 Å². The molecule has 0 bridgehead atoms. The van der Waals surface area contributed by atoms with Crippen LogP contribution in [0.1, 0.15) is 163 Å². The zero-order valence-corrected chi connectivity index (χ0v) is 28.1. The average molecular weight is 611 g/mol. The summed E-state index contributed by atoms with van der Waals surface area (Å²) in [5.74, 6) is -0.528. The van der Waals surface area contributed by atoms with Crippen LogP contribution in [-0.2, 0) is 22.6 Å². The molecule has 0 amide bonds. The number of hydrogen-bond donors (Lipinski definition) is 0. The molecule has 246 valence electrons. The molecule has 2 aromatic heterocycles. The fourth-order valence-corrected chi connectivity index (χ4v) is 5.40. The van der Waals surface area contributed by atoms with Crippen LogP contribution < -0.4 is 9.13 Å². The van der Waals surface area contributed by atoms with Crippen molar-refractivity contribution in [1.29, 1.82) is 0 Å². The van der Waals surface area contributed by atoms with Gasteiger partial charge in [-0.15, -0.1) is 0 Å². The van der Waals surface area contributed by atoms with Crippen LogP contribution in [0.4, 0.5) is 0 Å². The first-order chi connectivity index (χ1) is 21.6. The quantitative estimate of drug-likeness (QED) is 0.0575. The number of carbonyl (C=O) groups is 2. The van der Waals surface area contributed by atoms with Gasteiger partial charge in [0.15, 0.2) is 24.8 Å². The number of aromatic nitrogens is 2. The Hall–Kier alpha value is -2.76. The van der Waals surface area contributed by atoms with E-state index >= 15 is 0 Å². The lowest BCUT2D eigenvalue weighted by Crippen LogP contribution is -2.32. The highest BCUT2D eigenvalue weighted by molar-refractivity contribution is 5.89. The van der Waals surface area contributed by atoms with Gasteiger partial charge in [0.25, 0.3) is 0 Å². The van der Waals surface area contributed by atoms with Crippen molar-refractivity contribution in [3.63, 3.8) is 0 Å². The van der Waals surface area contributed by atoms with Crippen molar-refractivity contribution < 1.29 is 28.2 Å². The molecule has 44 heavy (non-hydrogen) atoms. The summed E-state index contributed by atoms with van der Waals surface area (Å²) in [7, 11) is 0. The molecular weight excluding hydrogens is 548 g/mol. The van der Waals surface area contributed by atoms with Gasteiger partial charge in [-0.05, 0) is 38.5 Å². The molecule has 0 radical (unpaired) electrons. The maximum absolute atomic E-state index is 12.4. The summed E-state index contributed by atoms with van der Waals surface area (Å²) in [6, 6.07) is 7.41. The Balaban J connectivity index is 1.45. The van der Waals surface area contributed by atoms with E-state index in [2.05, 4.69) is 23.0 Å². The first-order valence-electron chi connectivity index (χ1n) is 18.0. The monoisotopic (exact) mass is 610 g/mol. The highest BCUT2D eigenvalue weighted by atomic mass is 16.5. The maximum Gasteiger partial charge on any atom is 0.338 e. The standard InChI is InChI=1S/C38H62N2O4/c1-3-5-7-9-11-13-15-19-27-39-29-23-35(24-30-39)37(41)43-33-21-17-18-22-34-44-38(42)36-25-31-40(32-26-36)28-20-16-14-12-10-8-6-4-2/h23-26,29-32H,3-22,27-28,33-34H2,1-2H3/q+2. The van der Waals surface area contributed by atoms with Gasteiger partial charge in [-0.25, -0.2) is 18.7 Å².